The van der Waals surface area contributed by atoms with Crippen molar-refractivity contribution in [3.05, 3.63) is 89.4 Å². The highest BCUT2D eigenvalue weighted by Crippen LogP contribution is 2.33. The molecule has 4 aromatic rings. The van der Waals surface area contributed by atoms with Gasteiger partial charge in [-0.3, -0.25) is 19.4 Å². The molecule has 0 saturated carbocycles. The molecule has 14 nitrogen and oxygen atoms in total. The minimum Gasteiger partial charge on any atom is -0.444 e. The van der Waals surface area contributed by atoms with Crippen LogP contribution in [0.1, 0.15) is 88.0 Å². The Morgan fingerprint density at radius 3 is 2.53 bits per heavy atom. The van der Waals surface area contributed by atoms with Crippen LogP contribution in [0.15, 0.2) is 74.4 Å². The molecule has 0 spiro atoms. The second kappa shape index (κ2) is 19.6. The quantitative estimate of drug-likeness (QED) is 0.0572. The number of hydrogen-bond donors (Lipinski definition) is 2. The van der Waals surface area contributed by atoms with Crippen LogP contribution in [0.4, 0.5) is 5.13 Å². The summed E-state index contributed by atoms with van der Waals surface area (Å²) >= 11 is 2.97. The lowest BCUT2D eigenvalue weighted by atomic mass is 9.94. The lowest BCUT2D eigenvalue weighted by molar-refractivity contribution is -0.133. The van der Waals surface area contributed by atoms with Crippen molar-refractivity contribution in [3.63, 3.8) is 0 Å². The number of nitrogens with zero attached hydrogens (tertiary/aromatic N) is 8. The molecule has 0 bridgehead atoms. The highest BCUT2D eigenvalue weighted by atomic mass is 32.2. The summed E-state index contributed by atoms with van der Waals surface area (Å²) in [7, 11) is 3.50. The van der Waals surface area contributed by atoms with Gasteiger partial charge in [0.05, 0.1) is 28.4 Å². The van der Waals surface area contributed by atoms with Crippen molar-refractivity contribution in [2.75, 3.05) is 32.0 Å². The van der Waals surface area contributed by atoms with Crippen LogP contribution in [0, 0.1) is 17.2 Å². The number of amides is 3. The number of nitriles is 1. The number of oxazole rings is 1. The molecule has 1 unspecified atom stereocenters. The zero-order valence-electron chi connectivity index (χ0n) is 33.3. The fraction of sp³-hybridized carbons (Fsp3) is 0.415. The molecule has 5 rings (SSSR count). The molecule has 3 aromatic heterocycles. The Morgan fingerprint density at radius 1 is 1.18 bits per heavy atom. The van der Waals surface area contributed by atoms with Gasteiger partial charge < -0.3 is 29.8 Å². The lowest BCUT2D eigenvalue weighted by Crippen LogP contribution is -2.42. The smallest absolute Gasteiger partial charge is 0.264 e. The minimum atomic E-state index is -0.385. The summed E-state index contributed by atoms with van der Waals surface area (Å²) in [5.74, 6) is 1.76. The van der Waals surface area contributed by atoms with Crippen molar-refractivity contribution in [1.82, 2.24) is 29.3 Å². The van der Waals surface area contributed by atoms with E-state index in [0.29, 0.717) is 60.5 Å². The van der Waals surface area contributed by atoms with Crippen LogP contribution in [-0.4, -0.2) is 79.9 Å². The van der Waals surface area contributed by atoms with Gasteiger partial charge in [-0.05, 0) is 30.4 Å². The number of benzene rings is 1. The van der Waals surface area contributed by atoms with E-state index in [0.717, 1.165) is 27.5 Å². The maximum absolute atomic E-state index is 13.4. The number of carbonyl (C=O) groups excluding carboxylic acids is 3. The van der Waals surface area contributed by atoms with E-state index in [1.54, 1.807) is 71.2 Å². The second-order valence-electron chi connectivity index (χ2n) is 14.8. The number of imidazole rings is 1. The van der Waals surface area contributed by atoms with Crippen LogP contribution >= 0.6 is 23.1 Å². The van der Waals surface area contributed by atoms with Crippen molar-refractivity contribution in [1.29, 1.82) is 5.26 Å². The molecule has 1 saturated heterocycles. The molecular weight excluding hydrogens is 761 g/mol. The average molecular weight is 811 g/mol. The molecule has 16 heteroatoms. The van der Waals surface area contributed by atoms with Gasteiger partial charge in [0.15, 0.2) is 5.13 Å². The summed E-state index contributed by atoms with van der Waals surface area (Å²) in [6, 6.07) is 9.45. The van der Waals surface area contributed by atoms with Gasteiger partial charge in [-0.25, -0.2) is 15.0 Å². The molecule has 1 atom stereocenters. The molecule has 3 N–H and O–H groups in total. The number of anilines is 1. The van der Waals surface area contributed by atoms with E-state index in [2.05, 4.69) is 46.0 Å². The molecule has 300 valence electrons. The Bertz CT molecular complexity index is 2140. The molecule has 0 radical (unpaired) electrons. The fourth-order valence-electron chi connectivity index (χ4n) is 6.25. The number of likely N-dealkylation sites (N-methyl/N-ethyl adjacent to an activating group) is 1. The summed E-state index contributed by atoms with van der Waals surface area (Å²) in [6.45, 7) is 9.16. The minimum absolute atomic E-state index is 0.00431. The largest absolute Gasteiger partial charge is 0.444 e. The number of rotatable bonds is 15. The maximum atomic E-state index is 13.4. The third kappa shape index (κ3) is 11.3. The molecule has 4 heterocycles. The van der Waals surface area contributed by atoms with E-state index >= 15 is 0 Å². The number of nitrogens with one attached hydrogen (secondary N) is 1. The molecule has 57 heavy (non-hydrogen) atoms. The number of allylic oxidation sites excluding steroid dienone is 1. The van der Waals surface area contributed by atoms with Gasteiger partial charge in [0, 0.05) is 75.0 Å². The molecule has 0 aliphatic carbocycles. The van der Waals surface area contributed by atoms with Crippen molar-refractivity contribution in [2.24, 2.45) is 23.7 Å². The van der Waals surface area contributed by atoms with Gasteiger partial charge in [0.25, 0.3) is 5.91 Å². The first-order chi connectivity index (χ1) is 27.3. The number of carbonyl (C=O) groups is 3. The van der Waals surface area contributed by atoms with Crippen molar-refractivity contribution in [2.45, 2.75) is 74.8 Å². The van der Waals surface area contributed by atoms with E-state index in [-0.39, 0.29) is 47.2 Å². The Morgan fingerprint density at radius 2 is 1.91 bits per heavy atom. The van der Waals surface area contributed by atoms with E-state index < -0.39 is 0 Å². The van der Waals surface area contributed by atoms with E-state index in [1.807, 2.05) is 37.3 Å². The Hall–Kier alpha value is -5.53. The van der Waals surface area contributed by atoms with Crippen LogP contribution in [-0.2, 0) is 32.6 Å². The second-order valence-corrected chi connectivity index (χ2v) is 17.1. The molecule has 1 aliphatic rings. The molecular formula is C41H50N10O4S2. The van der Waals surface area contributed by atoms with Gasteiger partial charge in [-0.2, -0.15) is 5.26 Å². The Labute approximate surface area is 342 Å². The molecule has 1 aromatic carbocycles. The normalized spacial score (nSPS) is 14.8. The van der Waals surface area contributed by atoms with E-state index in [4.69, 9.17) is 10.2 Å². The first-order valence-corrected chi connectivity index (χ1v) is 20.6. The number of hydrogen-bond acceptors (Lipinski definition) is 12. The van der Waals surface area contributed by atoms with Gasteiger partial charge >= 0.3 is 0 Å². The zero-order chi connectivity index (χ0) is 41.1. The predicted molar refractivity (Wildman–Crippen MR) is 224 cm³/mol. The SMILES string of the molecule is CCCC(c1ccc(/C(C=NCC(=O)N2CCC(C(=O)Nc3ncc(SCc4ncc(C(C)(C)C)o4)s3)CC2)=C/N)cc1)N(C)C(=O)/C(C#N)=C/c1nccn1C. The van der Waals surface area contributed by atoms with Gasteiger partial charge in [0.2, 0.25) is 17.7 Å². The fourth-order valence-corrected chi connectivity index (χ4v) is 7.98. The number of likely N-dealkylation sites (tertiary alicyclic amines) is 1. The topological polar surface area (TPSA) is 189 Å². The summed E-state index contributed by atoms with van der Waals surface area (Å²) < 4.78 is 8.56. The highest BCUT2D eigenvalue weighted by Gasteiger charge is 2.28. The van der Waals surface area contributed by atoms with E-state index in [1.165, 1.54) is 23.6 Å². The number of piperidine rings is 1. The number of aryl methyl sites for hydroxylation is 1. The number of aromatic nitrogens is 4. The number of nitrogens with two attached hydrogens (primary N) is 1. The Kier molecular flexibility index (Phi) is 14.6. The molecule has 1 fully saturated rings. The number of thiazole rings is 1. The predicted octanol–water partition coefficient (Wildman–Crippen LogP) is 6.61. The summed E-state index contributed by atoms with van der Waals surface area (Å²) in [6.07, 6.45) is 14.0. The maximum Gasteiger partial charge on any atom is 0.264 e. The zero-order valence-corrected chi connectivity index (χ0v) is 34.9. The van der Waals surface area contributed by atoms with Gasteiger partial charge in [-0.15, -0.1) is 11.8 Å². The van der Waals surface area contributed by atoms with Crippen molar-refractivity contribution >= 4 is 63.8 Å². The standard InChI is InChI=1S/C41H50N10O4S2/c1-7-8-32(50(6)39(54)30(20-42)19-34-45-15-18-49(34)5)28-11-9-27(10-12-28)31(21-43)22-44-24-36(52)51-16-13-29(14-17-51)38(53)48-40-47-25-37(57-40)56-26-35-46-23-33(55-35)41(2,3)4/h9-12,15,18-19,21-23,25,29,32H,7-8,13-14,16-17,24,26,43H2,1-6H3,(H,47,48,53)/b30-19+,31-21+,44-22?. The summed E-state index contributed by atoms with van der Waals surface area (Å²) in [5.41, 5.74) is 8.23. The molecule has 1 aliphatic heterocycles. The third-order valence-corrected chi connectivity index (χ3v) is 11.8. The number of thioether (sulfide) groups is 1. The number of aliphatic imine (C=N–C) groups is 1. The Balaban J connectivity index is 1.08. The highest BCUT2D eigenvalue weighted by molar-refractivity contribution is 8.00. The first kappa shape index (κ1) is 42.6. The lowest BCUT2D eigenvalue weighted by Gasteiger charge is -2.30. The van der Waals surface area contributed by atoms with E-state index in [9.17, 15) is 19.6 Å². The van der Waals surface area contributed by atoms with Crippen LogP contribution in [0.3, 0.4) is 0 Å². The first-order valence-electron chi connectivity index (χ1n) is 18.8. The van der Waals surface area contributed by atoms with Gasteiger partial charge in [0.1, 0.15) is 29.8 Å². The van der Waals surface area contributed by atoms with Crippen LogP contribution in [0.5, 0.6) is 0 Å². The van der Waals surface area contributed by atoms with Crippen LogP contribution < -0.4 is 11.1 Å². The summed E-state index contributed by atoms with van der Waals surface area (Å²) in [5, 5.41) is 13.3. The third-order valence-electron chi connectivity index (χ3n) is 9.66. The van der Waals surface area contributed by atoms with Crippen molar-refractivity contribution in [3.8, 4) is 6.07 Å². The van der Waals surface area contributed by atoms with Crippen molar-refractivity contribution < 1.29 is 18.8 Å². The summed E-state index contributed by atoms with van der Waals surface area (Å²) in [4.78, 5) is 60.2. The average Bonchev–Trinajstić information content (AvgIpc) is 3.98. The van der Waals surface area contributed by atoms with Gasteiger partial charge in [-0.1, -0.05) is 69.7 Å². The van der Waals surface area contributed by atoms with Crippen LogP contribution in [0.2, 0.25) is 0 Å². The van der Waals surface area contributed by atoms with Crippen LogP contribution in [0.25, 0.3) is 11.6 Å². The molecule has 3 amide bonds. The monoisotopic (exact) mass is 810 g/mol.